The van der Waals surface area contributed by atoms with Gasteiger partial charge in [0.15, 0.2) is 12.6 Å². The fourth-order valence-corrected chi connectivity index (χ4v) is 16.2. The maximum Gasteiger partial charge on any atom is 0.336 e. The molecule has 9 rings (SSSR count). The van der Waals surface area contributed by atoms with Crippen LogP contribution in [0.25, 0.3) is 0 Å². The zero-order chi connectivity index (χ0) is 56.1. The zero-order valence-corrected chi connectivity index (χ0v) is 45.1. The van der Waals surface area contributed by atoms with Gasteiger partial charge in [0.05, 0.1) is 35.9 Å². The molecule has 21 heteroatoms. The van der Waals surface area contributed by atoms with Crippen molar-refractivity contribution in [2.75, 3.05) is 19.8 Å². The van der Waals surface area contributed by atoms with Gasteiger partial charge in [0.2, 0.25) is 6.29 Å². The molecule has 1 amide bonds. The highest BCUT2D eigenvalue weighted by Gasteiger charge is 2.70. The number of benzene rings is 1. The van der Waals surface area contributed by atoms with Crippen molar-refractivity contribution in [1.82, 2.24) is 5.32 Å². The Kier molecular flexibility index (Phi) is 16.1. The molecule has 0 radical (unpaired) electrons. The lowest BCUT2D eigenvalue weighted by Crippen LogP contribution is -2.67. The number of nitrogens with one attached hydrogen (secondary N) is 1. The summed E-state index contributed by atoms with van der Waals surface area (Å²) in [7, 11) is 0. The molecule has 0 unspecified atom stereocenters. The molecule has 77 heavy (non-hydrogen) atoms. The normalized spacial score (nSPS) is 47.2. The smallest absolute Gasteiger partial charge is 0.336 e. The van der Waals surface area contributed by atoms with Crippen molar-refractivity contribution in [3.05, 3.63) is 47.0 Å². The lowest BCUT2D eigenvalue weighted by atomic mass is 9.33. The number of aromatic carboxylic acids is 1. The van der Waals surface area contributed by atoms with Crippen molar-refractivity contribution in [1.29, 1.82) is 0 Å². The number of amides is 1. The van der Waals surface area contributed by atoms with Gasteiger partial charge < -0.3 is 89.9 Å². The van der Waals surface area contributed by atoms with E-state index in [4.69, 9.17) is 28.4 Å². The molecular weight excluding hydrogens is 1010 g/mol. The molecule has 1 aromatic rings. The molecule has 3 aliphatic heterocycles. The third kappa shape index (κ3) is 9.71. The van der Waals surface area contributed by atoms with E-state index in [1.54, 1.807) is 0 Å². The highest BCUT2D eigenvalue weighted by atomic mass is 16.7. The van der Waals surface area contributed by atoms with Crippen molar-refractivity contribution in [2.24, 2.45) is 50.2 Å². The maximum atomic E-state index is 15.1. The molecule has 7 fully saturated rings. The van der Waals surface area contributed by atoms with Gasteiger partial charge in [-0.1, -0.05) is 72.2 Å². The van der Waals surface area contributed by atoms with Crippen LogP contribution in [0.1, 0.15) is 133 Å². The number of rotatable bonds is 12. The van der Waals surface area contributed by atoms with Crippen LogP contribution in [-0.2, 0) is 33.2 Å². The van der Waals surface area contributed by atoms with E-state index in [9.17, 15) is 65.8 Å². The Balaban J connectivity index is 0.903. The average Bonchev–Trinajstić information content (AvgIpc) is 3.40. The lowest BCUT2D eigenvalue weighted by molar-refractivity contribution is -0.368. The second-order valence-electron chi connectivity index (χ2n) is 25.8. The van der Waals surface area contributed by atoms with Crippen molar-refractivity contribution in [2.45, 2.75) is 211 Å². The molecule has 0 spiro atoms. The zero-order valence-electron chi connectivity index (χ0n) is 45.1. The number of allylic oxidation sites excluding steroid dienone is 2. The van der Waals surface area contributed by atoms with Crippen LogP contribution in [0.4, 0.5) is 0 Å². The van der Waals surface area contributed by atoms with E-state index in [-0.39, 0.29) is 50.5 Å². The molecule has 5 aliphatic carbocycles. The van der Waals surface area contributed by atoms with Gasteiger partial charge in [-0.2, -0.15) is 0 Å². The van der Waals surface area contributed by atoms with Crippen molar-refractivity contribution in [3.8, 4) is 0 Å². The molecular formula is C56H83NO20. The van der Waals surface area contributed by atoms with Crippen LogP contribution in [0.2, 0.25) is 0 Å². The highest BCUT2D eigenvalue weighted by Crippen LogP contribution is 2.76. The largest absolute Gasteiger partial charge is 0.478 e. The Labute approximate surface area is 448 Å². The SMILES string of the molecule is CC1(C)CC[C@]2(C(=O)O[C@@H]3O[C@H](CNC(=O)c4ccccc4C(=O)O)[C@@H](O)[C@H](O)[C@H]3O)CC[C@]3(C)C(=CC[C@@H]4[C@@]5(C)CC[C@H](O[C@@H]6O[C@H](CO)[C@@H](O[C@@H]7O[C@H](CO)[C@@H](O)[C@H](O)[C@H]7O)[C@H](O)[C@H]6O)C(C)(C)[C@@H]5CC[C@]43C)[C@@H]2C1. The number of hydrogen-bond acceptors (Lipinski definition) is 19. The minimum absolute atomic E-state index is 0.123. The number of carbonyl (C=O) groups excluding carboxylic acids is 2. The summed E-state index contributed by atoms with van der Waals surface area (Å²) in [6, 6.07) is 5.61. The number of carbonyl (C=O) groups is 3. The molecule has 21 nitrogen and oxygen atoms in total. The molecule has 3 saturated heterocycles. The summed E-state index contributed by atoms with van der Waals surface area (Å²) in [5, 5.41) is 120. The van der Waals surface area contributed by atoms with Crippen molar-refractivity contribution in [3.63, 3.8) is 0 Å². The molecule has 4 saturated carbocycles. The van der Waals surface area contributed by atoms with Gasteiger partial charge in [-0.25, -0.2) is 4.79 Å². The molecule has 8 aliphatic rings. The van der Waals surface area contributed by atoms with Gasteiger partial charge in [-0.05, 0) is 121 Å². The van der Waals surface area contributed by atoms with Gasteiger partial charge in [0, 0.05) is 6.54 Å². The Bertz CT molecular complexity index is 2380. The number of carboxylic acid groups (broad SMARTS) is 1. The summed E-state index contributed by atoms with van der Waals surface area (Å²) >= 11 is 0. The minimum atomic E-state index is -1.81. The Morgan fingerprint density at radius 1 is 0.636 bits per heavy atom. The van der Waals surface area contributed by atoms with Crippen LogP contribution >= 0.6 is 0 Å². The third-order valence-electron chi connectivity index (χ3n) is 21.0. The van der Waals surface area contributed by atoms with E-state index in [0.29, 0.717) is 32.1 Å². The summed E-state index contributed by atoms with van der Waals surface area (Å²) < 4.78 is 36.2. The first-order chi connectivity index (χ1) is 36.1. The summed E-state index contributed by atoms with van der Waals surface area (Å²) in [5.41, 5.74) is -1.41. The molecule has 0 bridgehead atoms. The van der Waals surface area contributed by atoms with E-state index in [2.05, 4.69) is 59.9 Å². The van der Waals surface area contributed by atoms with E-state index < -0.39 is 147 Å². The van der Waals surface area contributed by atoms with Crippen LogP contribution < -0.4 is 5.32 Å². The van der Waals surface area contributed by atoms with E-state index >= 15 is 4.79 Å². The third-order valence-corrected chi connectivity index (χ3v) is 21.0. The minimum Gasteiger partial charge on any atom is -0.478 e. The first-order valence-corrected chi connectivity index (χ1v) is 27.6. The summed E-state index contributed by atoms with van der Waals surface area (Å²) in [6.07, 6.45) is -14.9. The number of aliphatic hydroxyl groups excluding tert-OH is 10. The number of esters is 1. The number of carboxylic acids is 1. The monoisotopic (exact) mass is 1090 g/mol. The first-order valence-electron chi connectivity index (χ1n) is 27.6. The summed E-state index contributed by atoms with van der Waals surface area (Å²) in [6.45, 7) is 14.2. The lowest BCUT2D eigenvalue weighted by Gasteiger charge is -2.71. The highest BCUT2D eigenvalue weighted by molar-refractivity contribution is 6.04. The number of hydrogen-bond donors (Lipinski definition) is 12. The molecule has 1 aromatic carbocycles. The molecule has 3 heterocycles. The fraction of sp³-hybridized carbons (Fsp3) is 0.804. The first kappa shape index (κ1) is 58.4. The fourth-order valence-electron chi connectivity index (χ4n) is 16.2. The topological polar surface area (TPSA) is 341 Å². The van der Waals surface area contributed by atoms with E-state index in [0.717, 1.165) is 32.1 Å². The van der Waals surface area contributed by atoms with E-state index in [1.165, 1.54) is 29.8 Å². The second-order valence-corrected chi connectivity index (χ2v) is 25.8. The number of aliphatic hydroxyl groups is 10. The Morgan fingerprint density at radius 2 is 1.22 bits per heavy atom. The summed E-state index contributed by atoms with van der Waals surface area (Å²) in [5.74, 6) is -2.47. The van der Waals surface area contributed by atoms with Crippen LogP contribution in [0, 0.1) is 50.2 Å². The van der Waals surface area contributed by atoms with Gasteiger partial charge in [-0.15, -0.1) is 0 Å². The van der Waals surface area contributed by atoms with Gasteiger partial charge in [-0.3, -0.25) is 9.59 Å². The van der Waals surface area contributed by atoms with Gasteiger partial charge >= 0.3 is 11.9 Å². The molecule has 432 valence electrons. The average molecular weight is 1090 g/mol. The Hall–Kier alpha value is -3.23. The quantitative estimate of drug-likeness (QED) is 0.0797. The van der Waals surface area contributed by atoms with Crippen LogP contribution in [0.15, 0.2) is 35.9 Å². The molecule has 23 atom stereocenters. The predicted octanol–water partition coefficient (Wildman–Crippen LogP) is 1.28. The van der Waals surface area contributed by atoms with Crippen LogP contribution in [0.5, 0.6) is 0 Å². The van der Waals surface area contributed by atoms with Crippen molar-refractivity contribution >= 4 is 17.8 Å². The number of fused-ring (bicyclic) bond motifs is 7. The Morgan fingerprint density at radius 3 is 1.88 bits per heavy atom. The number of ether oxygens (including phenoxy) is 6. The van der Waals surface area contributed by atoms with Crippen molar-refractivity contribution < 1.29 is 99.0 Å². The predicted molar refractivity (Wildman–Crippen MR) is 269 cm³/mol. The van der Waals surface area contributed by atoms with Crippen LogP contribution in [-0.4, -0.2) is 192 Å². The van der Waals surface area contributed by atoms with E-state index in [1.807, 2.05) is 0 Å². The second kappa shape index (κ2) is 21.3. The standard InChI is InChI=1S/C56H83NO20/c1-51(2)18-20-56(50(71)77-49-42(66)38(62)36(60)30(72-49)23-57-45(68)26-10-8-9-11-27(26)46(69)70)21-19-54(6)28(29(56)22-51)12-13-34-53(5)16-15-35(52(3,4)33(53)14-17-55(34,54)7)75-47-43(67)40(64)44(32(25-59)74-47)76-48-41(65)39(63)37(61)31(24-58)73-48/h8-12,29-44,47-49,58-67H,13-25H2,1-7H3,(H,57,68)(H,69,70)/t29-,30+,31+,32+,33-,34+,35-,36+,37+,38-,39-,40+,41+,42+,43+,44+,47-,48-,49-,53-,54+,55+,56-/m0/s1. The molecule has 12 N–H and O–H groups in total. The molecule has 0 aromatic heterocycles. The maximum absolute atomic E-state index is 15.1. The summed E-state index contributed by atoms with van der Waals surface area (Å²) in [4.78, 5) is 40.0. The van der Waals surface area contributed by atoms with Crippen LogP contribution in [0.3, 0.4) is 0 Å². The van der Waals surface area contributed by atoms with Gasteiger partial charge in [0.1, 0.15) is 73.2 Å². The van der Waals surface area contributed by atoms with Gasteiger partial charge in [0.25, 0.3) is 5.91 Å².